The highest BCUT2D eigenvalue weighted by molar-refractivity contribution is 5.96. The van der Waals surface area contributed by atoms with Crippen LogP contribution in [0.4, 0.5) is 10.1 Å². The zero-order valence-corrected chi connectivity index (χ0v) is 9.60. The van der Waals surface area contributed by atoms with Crippen LogP contribution in [0, 0.1) is 5.82 Å². The van der Waals surface area contributed by atoms with Crippen LogP contribution in [0.5, 0.6) is 0 Å². The first kappa shape index (κ1) is 10.7. The first-order chi connectivity index (χ1) is 8.75. The summed E-state index contributed by atoms with van der Waals surface area (Å²) in [6.07, 6.45) is 3.47. The SMILES string of the molecule is Nc1ccc(F)c(-c2cccc3cnccc23)c1. The lowest BCUT2D eigenvalue weighted by Gasteiger charge is -2.08. The molecule has 0 fully saturated rings. The zero-order valence-electron chi connectivity index (χ0n) is 9.60. The smallest absolute Gasteiger partial charge is 0.131 e. The molecule has 0 bridgehead atoms. The number of nitrogen functional groups attached to an aromatic ring is 1. The molecule has 0 aliphatic rings. The van der Waals surface area contributed by atoms with E-state index in [0.29, 0.717) is 11.3 Å². The lowest BCUT2D eigenvalue weighted by molar-refractivity contribution is 0.631. The third-order valence-corrected chi connectivity index (χ3v) is 2.96. The summed E-state index contributed by atoms with van der Waals surface area (Å²) >= 11 is 0. The third kappa shape index (κ3) is 1.70. The average molecular weight is 238 g/mol. The number of halogens is 1. The molecule has 3 aromatic rings. The summed E-state index contributed by atoms with van der Waals surface area (Å²) in [6.45, 7) is 0. The van der Waals surface area contributed by atoms with Gasteiger partial charge in [-0.05, 0) is 35.2 Å². The molecule has 0 saturated carbocycles. The van der Waals surface area contributed by atoms with Crippen LogP contribution in [-0.2, 0) is 0 Å². The predicted octanol–water partition coefficient (Wildman–Crippen LogP) is 3.62. The Bertz CT molecular complexity index is 717. The van der Waals surface area contributed by atoms with Gasteiger partial charge < -0.3 is 5.73 Å². The van der Waals surface area contributed by atoms with Crippen molar-refractivity contribution in [2.24, 2.45) is 0 Å². The molecule has 0 saturated heterocycles. The minimum atomic E-state index is -0.270. The van der Waals surface area contributed by atoms with Gasteiger partial charge in [0.05, 0.1) is 0 Å². The Morgan fingerprint density at radius 3 is 2.78 bits per heavy atom. The Hall–Kier alpha value is -2.42. The fourth-order valence-electron chi connectivity index (χ4n) is 2.11. The van der Waals surface area contributed by atoms with Crippen LogP contribution in [0.1, 0.15) is 0 Å². The summed E-state index contributed by atoms with van der Waals surface area (Å²) in [7, 11) is 0. The van der Waals surface area contributed by atoms with Gasteiger partial charge in [0.15, 0.2) is 0 Å². The van der Waals surface area contributed by atoms with Crippen LogP contribution in [0.3, 0.4) is 0 Å². The maximum Gasteiger partial charge on any atom is 0.131 e. The molecule has 18 heavy (non-hydrogen) atoms. The van der Waals surface area contributed by atoms with Crippen molar-refractivity contribution in [3.05, 3.63) is 60.7 Å². The van der Waals surface area contributed by atoms with Gasteiger partial charge in [0.2, 0.25) is 0 Å². The van der Waals surface area contributed by atoms with Crippen LogP contribution in [-0.4, -0.2) is 4.98 Å². The number of fused-ring (bicyclic) bond motifs is 1. The van der Waals surface area contributed by atoms with E-state index in [4.69, 9.17) is 5.73 Å². The molecule has 1 heterocycles. The third-order valence-electron chi connectivity index (χ3n) is 2.96. The highest BCUT2D eigenvalue weighted by Gasteiger charge is 2.08. The van der Waals surface area contributed by atoms with Gasteiger partial charge >= 0.3 is 0 Å². The number of nitrogens with two attached hydrogens (primary N) is 1. The lowest BCUT2D eigenvalue weighted by atomic mass is 9.99. The van der Waals surface area contributed by atoms with E-state index < -0.39 is 0 Å². The minimum absolute atomic E-state index is 0.270. The van der Waals surface area contributed by atoms with Gasteiger partial charge in [-0.3, -0.25) is 4.98 Å². The Balaban J connectivity index is 2.35. The van der Waals surface area contributed by atoms with E-state index in [0.717, 1.165) is 16.3 Å². The predicted molar refractivity (Wildman–Crippen MR) is 71.5 cm³/mol. The first-order valence-electron chi connectivity index (χ1n) is 5.64. The highest BCUT2D eigenvalue weighted by Crippen LogP contribution is 2.31. The molecule has 2 nitrogen and oxygen atoms in total. The summed E-state index contributed by atoms with van der Waals surface area (Å²) in [6, 6.07) is 12.2. The second-order valence-electron chi connectivity index (χ2n) is 4.14. The number of nitrogens with zero attached hydrogens (tertiary/aromatic N) is 1. The van der Waals surface area contributed by atoms with Gasteiger partial charge in [-0.2, -0.15) is 0 Å². The lowest BCUT2D eigenvalue weighted by Crippen LogP contribution is -1.90. The molecule has 0 aliphatic carbocycles. The topological polar surface area (TPSA) is 38.9 Å². The Morgan fingerprint density at radius 2 is 1.89 bits per heavy atom. The number of benzene rings is 2. The fourth-order valence-corrected chi connectivity index (χ4v) is 2.11. The fraction of sp³-hybridized carbons (Fsp3) is 0. The van der Waals surface area contributed by atoms with Crippen LogP contribution in [0.15, 0.2) is 54.9 Å². The van der Waals surface area contributed by atoms with Crippen molar-refractivity contribution in [1.82, 2.24) is 4.98 Å². The summed E-state index contributed by atoms with van der Waals surface area (Å²) < 4.78 is 13.9. The molecule has 2 aromatic carbocycles. The molecule has 0 amide bonds. The van der Waals surface area contributed by atoms with Crippen molar-refractivity contribution in [3.63, 3.8) is 0 Å². The molecule has 2 N–H and O–H groups in total. The normalized spacial score (nSPS) is 10.7. The Morgan fingerprint density at radius 1 is 1.00 bits per heavy atom. The van der Waals surface area contributed by atoms with Crippen LogP contribution >= 0.6 is 0 Å². The Labute approximate surface area is 104 Å². The number of hydrogen-bond donors (Lipinski definition) is 1. The number of pyridine rings is 1. The van der Waals surface area contributed by atoms with Crippen LogP contribution in [0.2, 0.25) is 0 Å². The molecule has 0 spiro atoms. The van der Waals surface area contributed by atoms with E-state index in [-0.39, 0.29) is 5.82 Å². The number of anilines is 1. The number of hydrogen-bond acceptors (Lipinski definition) is 2. The van der Waals surface area contributed by atoms with Gasteiger partial charge in [-0.1, -0.05) is 18.2 Å². The molecule has 88 valence electrons. The van der Waals surface area contributed by atoms with Crippen molar-refractivity contribution < 1.29 is 4.39 Å². The van der Waals surface area contributed by atoms with E-state index in [1.165, 1.54) is 6.07 Å². The Kier molecular flexibility index (Phi) is 2.45. The van der Waals surface area contributed by atoms with E-state index in [1.54, 1.807) is 24.5 Å². The number of aromatic nitrogens is 1. The maximum absolute atomic E-state index is 13.9. The second kappa shape index (κ2) is 4.11. The van der Waals surface area contributed by atoms with Crippen LogP contribution in [0.25, 0.3) is 21.9 Å². The van der Waals surface area contributed by atoms with Gasteiger partial charge in [-0.15, -0.1) is 0 Å². The summed E-state index contributed by atoms with van der Waals surface area (Å²) in [5, 5.41) is 1.95. The highest BCUT2D eigenvalue weighted by atomic mass is 19.1. The zero-order chi connectivity index (χ0) is 12.5. The largest absolute Gasteiger partial charge is 0.399 e. The second-order valence-corrected chi connectivity index (χ2v) is 4.14. The molecule has 0 atom stereocenters. The maximum atomic E-state index is 13.9. The van der Waals surface area contributed by atoms with Crippen molar-refractivity contribution >= 4 is 16.5 Å². The average Bonchev–Trinajstić information content (AvgIpc) is 2.41. The van der Waals surface area contributed by atoms with Crippen molar-refractivity contribution in [2.75, 3.05) is 5.73 Å². The molecule has 0 unspecified atom stereocenters. The molecule has 3 rings (SSSR count). The summed E-state index contributed by atoms with van der Waals surface area (Å²) in [4.78, 5) is 4.07. The molecule has 0 radical (unpaired) electrons. The van der Waals surface area contributed by atoms with Crippen molar-refractivity contribution in [1.29, 1.82) is 0 Å². The monoisotopic (exact) mass is 238 g/mol. The van der Waals surface area contributed by atoms with E-state index in [2.05, 4.69) is 4.98 Å². The van der Waals surface area contributed by atoms with E-state index in [9.17, 15) is 4.39 Å². The molecule has 0 aliphatic heterocycles. The number of rotatable bonds is 1. The molecular formula is C15H11FN2. The molecule has 3 heteroatoms. The van der Waals surface area contributed by atoms with E-state index in [1.807, 2.05) is 24.3 Å². The van der Waals surface area contributed by atoms with Gasteiger partial charge in [0, 0.05) is 29.0 Å². The first-order valence-corrected chi connectivity index (χ1v) is 5.64. The van der Waals surface area contributed by atoms with Gasteiger partial charge in [0.25, 0.3) is 0 Å². The van der Waals surface area contributed by atoms with Crippen molar-refractivity contribution in [2.45, 2.75) is 0 Å². The molecular weight excluding hydrogens is 227 g/mol. The molecule has 1 aromatic heterocycles. The standard InChI is InChI=1S/C15H11FN2/c16-15-5-4-11(17)8-14(15)13-3-1-2-10-9-18-7-6-12(10)13/h1-9H,17H2. The van der Waals surface area contributed by atoms with Crippen LogP contribution < -0.4 is 5.73 Å². The van der Waals surface area contributed by atoms with Crippen molar-refractivity contribution in [3.8, 4) is 11.1 Å². The van der Waals surface area contributed by atoms with Gasteiger partial charge in [0.1, 0.15) is 5.82 Å². The van der Waals surface area contributed by atoms with Gasteiger partial charge in [-0.25, -0.2) is 4.39 Å². The minimum Gasteiger partial charge on any atom is -0.399 e. The quantitative estimate of drug-likeness (QED) is 0.657. The summed E-state index contributed by atoms with van der Waals surface area (Å²) in [5.74, 6) is -0.270. The van der Waals surface area contributed by atoms with E-state index >= 15 is 0 Å². The summed E-state index contributed by atoms with van der Waals surface area (Å²) in [5.41, 5.74) is 7.64.